The van der Waals surface area contributed by atoms with E-state index in [0.717, 1.165) is 29.8 Å². The molecule has 3 heterocycles. The minimum absolute atomic E-state index is 0.280. The number of fused-ring (bicyclic) bond motifs is 2. The summed E-state index contributed by atoms with van der Waals surface area (Å²) in [5, 5.41) is 33.9. The van der Waals surface area contributed by atoms with Crippen LogP contribution in [-0.2, 0) is 19.5 Å². The van der Waals surface area contributed by atoms with Crippen molar-refractivity contribution in [3.05, 3.63) is 64.8 Å². The van der Waals surface area contributed by atoms with E-state index < -0.39 is 13.0 Å². The summed E-state index contributed by atoms with van der Waals surface area (Å²) in [5.74, 6) is 0.408. The molecule has 2 aromatic carbocycles. The molecule has 0 bridgehead atoms. The highest BCUT2D eigenvalue weighted by molar-refractivity contribution is 6.58. The zero-order chi connectivity index (χ0) is 22.9. The number of carbonyl (C=O) groups excluding carboxylic acids is 1. The molecule has 33 heavy (non-hydrogen) atoms. The van der Waals surface area contributed by atoms with Crippen LogP contribution < -0.4 is 21.8 Å². The Morgan fingerprint density at radius 1 is 1.21 bits per heavy atom. The summed E-state index contributed by atoms with van der Waals surface area (Å²) in [7, 11) is -1.53. The van der Waals surface area contributed by atoms with Gasteiger partial charge in [0.05, 0.1) is 16.8 Å². The number of nitrogens with one attached hydrogen (secondary N) is 2. The van der Waals surface area contributed by atoms with Crippen LogP contribution in [0.5, 0.6) is 0 Å². The average Bonchev–Trinajstić information content (AvgIpc) is 3.26. The lowest BCUT2D eigenvalue weighted by molar-refractivity contribution is 0.100. The third-order valence-corrected chi connectivity index (χ3v) is 5.57. The number of carbonyl (C=O) groups is 1. The summed E-state index contributed by atoms with van der Waals surface area (Å²) < 4.78 is 1.49. The van der Waals surface area contributed by atoms with Crippen molar-refractivity contribution in [2.75, 3.05) is 11.9 Å². The van der Waals surface area contributed by atoms with E-state index in [-0.39, 0.29) is 5.56 Å². The van der Waals surface area contributed by atoms with Gasteiger partial charge in [-0.25, -0.2) is 4.98 Å². The molecule has 6 N–H and O–H groups in total. The van der Waals surface area contributed by atoms with Gasteiger partial charge in [-0.1, -0.05) is 35.5 Å². The highest BCUT2D eigenvalue weighted by atomic mass is 16.4. The number of nitrogens with two attached hydrogens (primary N) is 1. The molecule has 0 unspecified atom stereocenters. The molecule has 0 atom stereocenters. The maximum atomic E-state index is 11.8. The number of anilines is 1. The van der Waals surface area contributed by atoms with Crippen molar-refractivity contribution in [2.24, 2.45) is 5.73 Å². The van der Waals surface area contributed by atoms with Gasteiger partial charge in [0.2, 0.25) is 0 Å². The van der Waals surface area contributed by atoms with Gasteiger partial charge in [0.25, 0.3) is 11.9 Å². The Balaban J connectivity index is 1.54. The molecule has 1 amide bonds. The fourth-order valence-corrected chi connectivity index (χ4v) is 3.93. The number of amides is 1. The Hall–Kier alpha value is -3.87. The molecule has 166 valence electrons. The van der Waals surface area contributed by atoms with Crippen molar-refractivity contribution in [1.82, 2.24) is 30.3 Å². The van der Waals surface area contributed by atoms with E-state index in [2.05, 4.69) is 20.9 Å². The Kier molecular flexibility index (Phi) is 5.46. The minimum Gasteiger partial charge on any atom is -0.423 e. The number of hydrogen-bond donors (Lipinski definition) is 5. The second kappa shape index (κ2) is 8.58. The van der Waals surface area contributed by atoms with Crippen LogP contribution in [-0.4, -0.2) is 54.6 Å². The van der Waals surface area contributed by atoms with E-state index in [9.17, 15) is 14.8 Å². The highest BCUT2D eigenvalue weighted by Crippen LogP contribution is 2.24. The van der Waals surface area contributed by atoms with Crippen LogP contribution in [0.4, 0.5) is 5.82 Å². The third-order valence-electron chi connectivity index (χ3n) is 5.57. The van der Waals surface area contributed by atoms with E-state index in [4.69, 9.17) is 15.7 Å². The molecule has 1 aliphatic heterocycles. The van der Waals surface area contributed by atoms with Crippen molar-refractivity contribution in [3.8, 4) is 5.95 Å². The Morgan fingerprint density at radius 2 is 2.06 bits per heavy atom. The second-order valence-corrected chi connectivity index (χ2v) is 7.74. The number of benzene rings is 2. The fourth-order valence-electron chi connectivity index (χ4n) is 3.93. The summed E-state index contributed by atoms with van der Waals surface area (Å²) in [6, 6.07) is 12.1. The first kappa shape index (κ1) is 21.0. The standard InChI is InChI=1S/C21H21BN8O3/c23-19(31)15-5-2-6-17-18(15)28-29-30(17)21-26-16-11-24-8-7-14(16)20(27-21)25-10-12-3-1-4-13(9-12)22(32)33/h1-6,9,24,32-33H,7-8,10-11H2,(H2,23,31)(H,25,26,27). The first-order valence-electron chi connectivity index (χ1n) is 10.4. The van der Waals surface area contributed by atoms with E-state index in [1.165, 1.54) is 4.68 Å². The monoisotopic (exact) mass is 444 g/mol. The van der Waals surface area contributed by atoms with Gasteiger partial charge in [-0.05, 0) is 36.1 Å². The topological polar surface area (TPSA) is 164 Å². The van der Waals surface area contributed by atoms with Crippen molar-refractivity contribution < 1.29 is 14.8 Å². The Morgan fingerprint density at radius 3 is 2.88 bits per heavy atom. The van der Waals surface area contributed by atoms with E-state index in [0.29, 0.717) is 41.4 Å². The largest absolute Gasteiger partial charge is 0.488 e. The molecule has 2 aromatic heterocycles. The van der Waals surface area contributed by atoms with E-state index in [1.54, 1.807) is 36.4 Å². The van der Waals surface area contributed by atoms with Crippen molar-refractivity contribution in [1.29, 1.82) is 0 Å². The van der Waals surface area contributed by atoms with Gasteiger partial charge in [0.15, 0.2) is 0 Å². The normalized spacial score (nSPS) is 13.0. The van der Waals surface area contributed by atoms with Crippen LogP contribution in [0.2, 0.25) is 0 Å². The summed E-state index contributed by atoms with van der Waals surface area (Å²) in [5.41, 5.74) is 9.87. The van der Waals surface area contributed by atoms with Gasteiger partial charge < -0.3 is 26.4 Å². The Bertz CT molecular complexity index is 1360. The molecule has 12 heteroatoms. The molecule has 0 saturated carbocycles. The van der Waals surface area contributed by atoms with Crippen LogP contribution >= 0.6 is 0 Å². The molecular weight excluding hydrogens is 423 g/mol. The zero-order valence-corrected chi connectivity index (χ0v) is 17.6. The van der Waals surface area contributed by atoms with Crippen LogP contribution in [0.3, 0.4) is 0 Å². The zero-order valence-electron chi connectivity index (χ0n) is 17.6. The number of rotatable bonds is 6. The SMILES string of the molecule is NC(=O)c1cccc2c1nnn2-c1nc2c(c(NCc3cccc(B(O)O)c3)n1)CCNC2. The van der Waals surface area contributed by atoms with Crippen LogP contribution in [0.25, 0.3) is 17.0 Å². The third kappa shape index (κ3) is 4.02. The van der Waals surface area contributed by atoms with Crippen molar-refractivity contribution >= 4 is 35.3 Å². The molecule has 0 aliphatic carbocycles. The highest BCUT2D eigenvalue weighted by Gasteiger charge is 2.21. The number of nitrogens with zero attached hydrogens (tertiary/aromatic N) is 5. The lowest BCUT2D eigenvalue weighted by atomic mass is 9.79. The number of aromatic nitrogens is 5. The predicted molar refractivity (Wildman–Crippen MR) is 122 cm³/mol. The fraction of sp³-hybridized carbons (Fsp3) is 0.190. The quantitative estimate of drug-likeness (QED) is 0.241. The van der Waals surface area contributed by atoms with Gasteiger partial charge in [0.1, 0.15) is 11.3 Å². The molecule has 5 rings (SSSR count). The van der Waals surface area contributed by atoms with E-state index >= 15 is 0 Å². The molecule has 4 aromatic rings. The first-order valence-corrected chi connectivity index (χ1v) is 10.4. The molecule has 0 spiro atoms. The minimum atomic E-state index is -1.53. The average molecular weight is 444 g/mol. The maximum Gasteiger partial charge on any atom is 0.488 e. The molecular formula is C21H21BN8O3. The smallest absolute Gasteiger partial charge is 0.423 e. The predicted octanol–water partition coefficient (Wildman–Crippen LogP) is -0.753. The number of primary amides is 1. The van der Waals surface area contributed by atoms with Crippen molar-refractivity contribution in [3.63, 3.8) is 0 Å². The molecule has 1 aliphatic rings. The number of hydrogen-bond acceptors (Lipinski definition) is 9. The lowest BCUT2D eigenvalue weighted by Gasteiger charge is -2.20. The Labute approximate surface area is 188 Å². The summed E-state index contributed by atoms with van der Waals surface area (Å²) in [6.45, 7) is 1.83. The van der Waals surface area contributed by atoms with Gasteiger partial charge in [-0.3, -0.25) is 4.79 Å². The van der Waals surface area contributed by atoms with Crippen molar-refractivity contribution in [2.45, 2.75) is 19.5 Å². The van der Waals surface area contributed by atoms with Gasteiger partial charge in [0, 0.05) is 18.7 Å². The van der Waals surface area contributed by atoms with Crippen LogP contribution in [0.1, 0.15) is 27.2 Å². The molecule has 11 nitrogen and oxygen atoms in total. The second-order valence-electron chi connectivity index (χ2n) is 7.74. The maximum absolute atomic E-state index is 11.8. The summed E-state index contributed by atoms with van der Waals surface area (Å²) in [4.78, 5) is 21.2. The molecule has 0 fully saturated rings. The first-order chi connectivity index (χ1) is 16.0. The van der Waals surface area contributed by atoms with Crippen LogP contribution in [0, 0.1) is 0 Å². The summed E-state index contributed by atoms with van der Waals surface area (Å²) in [6.07, 6.45) is 0.761. The van der Waals surface area contributed by atoms with Crippen LogP contribution in [0.15, 0.2) is 42.5 Å². The van der Waals surface area contributed by atoms with Gasteiger partial charge in [-0.15, -0.1) is 5.10 Å². The lowest BCUT2D eigenvalue weighted by Crippen LogP contribution is -2.30. The molecule has 0 saturated heterocycles. The van der Waals surface area contributed by atoms with Gasteiger partial charge >= 0.3 is 7.12 Å². The summed E-state index contributed by atoms with van der Waals surface area (Å²) >= 11 is 0. The molecule has 0 radical (unpaired) electrons. The van der Waals surface area contributed by atoms with E-state index in [1.807, 2.05) is 6.07 Å². The van der Waals surface area contributed by atoms with Gasteiger partial charge in [-0.2, -0.15) is 9.67 Å².